The molecule has 3 heteroatoms. The summed E-state index contributed by atoms with van der Waals surface area (Å²) in [6, 6.07) is 0. The molecule has 3 nitrogen and oxygen atoms in total. The quantitative estimate of drug-likeness (QED) is 0.720. The van der Waals surface area contributed by atoms with Gasteiger partial charge in [0.15, 0.2) is 0 Å². The van der Waals surface area contributed by atoms with Crippen LogP contribution in [0, 0.1) is 17.8 Å². The number of hydrogen-bond acceptors (Lipinski definition) is 2. The molecule has 0 saturated heterocycles. The van der Waals surface area contributed by atoms with Gasteiger partial charge in [-0.2, -0.15) is 0 Å². The minimum Gasteiger partial charge on any atom is -0.396 e. The second-order valence-corrected chi connectivity index (χ2v) is 5.07. The largest absolute Gasteiger partial charge is 0.396 e. The molecule has 2 saturated carbocycles. The molecule has 86 valence electrons. The number of aliphatic hydroxyl groups excluding tert-OH is 1. The Labute approximate surface area is 91.2 Å². The zero-order valence-electron chi connectivity index (χ0n) is 9.24. The topological polar surface area (TPSA) is 49.3 Å². The van der Waals surface area contributed by atoms with Gasteiger partial charge in [0.05, 0.1) is 0 Å². The molecule has 0 aromatic rings. The van der Waals surface area contributed by atoms with Gasteiger partial charge >= 0.3 is 0 Å². The summed E-state index contributed by atoms with van der Waals surface area (Å²) < 4.78 is 0. The molecule has 0 spiro atoms. The molecule has 3 unspecified atom stereocenters. The Hall–Kier alpha value is -0.570. The van der Waals surface area contributed by atoms with Crippen LogP contribution >= 0.6 is 0 Å². The van der Waals surface area contributed by atoms with E-state index in [1.807, 2.05) is 0 Å². The Morgan fingerprint density at radius 2 is 2.20 bits per heavy atom. The van der Waals surface area contributed by atoms with Crippen LogP contribution in [0.25, 0.3) is 0 Å². The fourth-order valence-corrected chi connectivity index (χ4v) is 3.20. The highest BCUT2D eigenvalue weighted by molar-refractivity contribution is 5.75. The van der Waals surface area contributed by atoms with Crippen LogP contribution < -0.4 is 5.32 Å². The van der Waals surface area contributed by atoms with E-state index in [1.165, 1.54) is 25.7 Å². The minimum atomic E-state index is 0.104. The van der Waals surface area contributed by atoms with E-state index < -0.39 is 0 Å². The SMILES string of the molecule is O=C(CCCO)NCC1CC2CCC1C2. The van der Waals surface area contributed by atoms with E-state index in [4.69, 9.17) is 5.11 Å². The highest BCUT2D eigenvalue weighted by Crippen LogP contribution is 2.47. The van der Waals surface area contributed by atoms with Crippen LogP contribution in [0.1, 0.15) is 38.5 Å². The van der Waals surface area contributed by atoms with Crippen LogP contribution in [0.4, 0.5) is 0 Å². The van der Waals surface area contributed by atoms with Crippen molar-refractivity contribution in [3.63, 3.8) is 0 Å². The molecule has 0 aromatic heterocycles. The van der Waals surface area contributed by atoms with Crippen LogP contribution in [-0.2, 0) is 4.79 Å². The number of carbonyl (C=O) groups excluding carboxylic acids is 1. The highest BCUT2D eigenvalue weighted by atomic mass is 16.3. The van der Waals surface area contributed by atoms with Crippen LogP contribution in [0.5, 0.6) is 0 Å². The van der Waals surface area contributed by atoms with Crippen molar-refractivity contribution in [1.82, 2.24) is 5.32 Å². The summed E-state index contributed by atoms with van der Waals surface area (Å²) in [4.78, 5) is 11.3. The maximum atomic E-state index is 11.3. The third-order valence-electron chi connectivity index (χ3n) is 4.01. The van der Waals surface area contributed by atoms with Crippen molar-refractivity contribution in [3.05, 3.63) is 0 Å². The molecule has 0 heterocycles. The number of aliphatic hydroxyl groups is 1. The number of fused-ring (bicyclic) bond motifs is 2. The number of rotatable bonds is 5. The molecule has 0 aliphatic heterocycles. The van der Waals surface area contributed by atoms with Crippen LogP contribution in [0.15, 0.2) is 0 Å². The van der Waals surface area contributed by atoms with Crippen LogP contribution in [0.3, 0.4) is 0 Å². The zero-order valence-corrected chi connectivity index (χ0v) is 9.24. The van der Waals surface area contributed by atoms with Gasteiger partial charge in [0, 0.05) is 19.6 Å². The van der Waals surface area contributed by atoms with Gasteiger partial charge in [-0.15, -0.1) is 0 Å². The van der Waals surface area contributed by atoms with Crippen molar-refractivity contribution in [2.24, 2.45) is 17.8 Å². The average molecular weight is 211 g/mol. The van der Waals surface area contributed by atoms with Crippen molar-refractivity contribution in [2.75, 3.05) is 13.2 Å². The fourth-order valence-electron chi connectivity index (χ4n) is 3.20. The number of amides is 1. The smallest absolute Gasteiger partial charge is 0.220 e. The normalized spacial score (nSPS) is 33.3. The van der Waals surface area contributed by atoms with E-state index in [0.29, 0.717) is 12.8 Å². The first kappa shape index (κ1) is 10.9. The van der Waals surface area contributed by atoms with Gasteiger partial charge in [-0.25, -0.2) is 0 Å². The summed E-state index contributed by atoms with van der Waals surface area (Å²) >= 11 is 0. The first-order valence-corrected chi connectivity index (χ1v) is 6.17. The maximum Gasteiger partial charge on any atom is 0.220 e. The molecule has 0 aromatic carbocycles. The number of nitrogens with one attached hydrogen (secondary N) is 1. The number of hydrogen-bond donors (Lipinski definition) is 2. The predicted octanol–water partition coefficient (Wildman–Crippen LogP) is 1.31. The van der Waals surface area contributed by atoms with E-state index in [-0.39, 0.29) is 12.5 Å². The third kappa shape index (κ3) is 2.71. The summed E-state index contributed by atoms with van der Waals surface area (Å²) in [5, 5.41) is 11.6. The van der Waals surface area contributed by atoms with Gasteiger partial charge in [0.2, 0.25) is 5.91 Å². The second-order valence-electron chi connectivity index (χ2n) is 5.07. The second kappa shape index (κ2) is 4.97. The van der Waals surface area contributed by atoms with E-state index >= 15 is 0 Å². The monoisotopic (exact) mass is 211 g/mol. The molecule has 15 heavy (non-hydrogen) atoms. The van der Waals surface area contributed by atoms with Gasteiger partial charge in [-0.3, -0.25) is 4.79 Å². The Bertz CT molecular complexity index is 230. The van der Waals surface area contributed by atoms with Crippen molar-refractivity contribution in [2.45, 2.75) is 38.5 Å². The van der Waals surface area contributed by atoms with Crippen molar-refractivity contribution >= 4 is 5.91 Å². The summed E-state index contributed by atoms with van der Waals surface area (Å²) in [7, 11) is 0. The van der Waals surface area contributed by atoms with Gasteiger partial charge in [-0.1, -0.05) is 6.42 Å². The molecule has 2 N–H and O–H groups in total. The molecule has 2 aliphatic carbocycles. The summed E-state index contributed by atoms with van der Waals surface area (Å²) in [5.41, 5.74) is 0. The summed E-state index contributed by atoms with van der Waals surface area (Å²) in [5.74, 6) is 2.68. The predicted molar refractivity (Wildman–Crippen MR) is 58.3 cm³/mol. The zero-order chi connectivity index (χ0) is 10.7. The molecular formula is C12H21NO2. The molecule has 2 fully saturated rings. The van der Waals surface area contributed by atoms with Gasteiger partial charge in [0.25, 0.3) is 0 Å². The van der Waals surface area contributed by atoms with Crippen molar-refractivity contribution in [1.29, 1.82) is 0 Å². The van der Waals surface area contributed by atoms with E-state index in [0.717, 1.165) is 24.3 Å². The van der Waals surface area contributed by atoms with Crippen molar-refractivity contribution < 1.29 is 9.90 Å². The summed E-state index contributed by atoms with van der Waals surface area (Å²) in [6.45, 7) is 0.979. The molecular weight excluding hydrogens is 190 g/mol. The minimum absolute atomic E-state index is 0.104. The number of carbonyl (C=O) groups is 1. The van der Waals surface area contributed by atoms with Gasteiger partial charge in [-0.05, 0) is 43.4 Å². The van der Waals surface area contributed by atoms with Crippen LogP contribution in [0.2, 0.25) is 0 Å². The van der Waals surface area contributed by atoms with Crippen LogP contribution in [-0.4, -0.2) is 24.2 Å². The maximum absolute atomic E-state index is 11.3. The molecule has 0 radical (unpaired) electrons. The third-order valence-corrected chi connectivity index (χ3v) is 4.01. The van der Waals surface area contributed by atoms with E-state index in [1.54, 1.807) is 0 Å². The van der Waals surface area contributed by atoms with Crippen molar-refractivity contribution in [3.8, 4) is 0 Å². The lowest BCUT2D eigenvalue weighted by Gasteiger charge is -2.21. The van der Waals surface area contributed by atoms with Gasteiger partial charge < -0.3 is 10.4 Å². The average Bonchev–Trinajstić information content (AvgIpc) is 2.84. The lowest BCUT2D eigenvalue weighted by molar-refractivity contribution is -0.121. The Morgan fingerprint density at radius 1 is 1.33 bits per heavy atom. The Morgan fingerprint density at radius 3 is 2.80 bits per heavy atom. The Balaban J connectivity index is 1.64. The standard InChI is InChI=1S/C12H21NO2/c14-5-1-2-12(15)13-8-11-7-9-3-4-10(11)6-9/h9-11,14H,1-8H2,(H,13,15). The summed E-state index contributed by atoms with van der Waals surface area (Å²) in [6.07, 6.45) is 6.57. The fraction of sp³-hybridized carbons (Fsp3) is 0.917. The van der Waals surface area contributed by atoms with Gasteiger partial charge in [0.1, 0.15) is 0 Å². The molecule has 1 amide bonds. The van der Waals surface area contributed by atoms with E-state index in [2.05, 4.69) is 5.32 Å². The lowest BCUT2D eigenvalue weighted by atomic mass is 9.89. The highest BCUT2D eigenvalue weighted by Gasteiger charge is 2.39. The first-order chi connectivity index (χ1) is 7.29. The first-order valence-electron chi connectivity index (χ1n) is 6.17. The van der Waals surface area contributed by atoms with E-state index in [9.17, 15) is 4.79 Å². The Kier molecular flexibility index (Phi) is 3.62. The lowest BCUT2D eigenvalue weighted by Crippen LogP contribution is -2.31. The molecule has 2 rings (SSSR count). The molecule has 2 aliphatic rings. The molecule has 3 atom stereocenters. The molecule has 2 bridgehead atoms.